The Bertz CT molecular complexity index is 589. The quantitative estimate of drug-likeness (QED) is 0.0487. The van der Waals surface area contributed by atoms with Crippen LogP contribution in [0.2, 0.25) is 0 Å². The van der Waals surface area contributed by atoms with Gasteiger partial charge in [-0.05, 0) is 38.5 Å². The van der Waals surface area contributed by atoms with Crippen LogP contribution in [0.4, 0.5) is 0 Å². The maximum Gasteiger partial charge on any atom is 0.306 e. The second kappa shape index (κ2) is 33.1. The highest BCUT2D eigenvalue weighted by molar-refractivity contribution is 5.70. The van der Waals surface area contributed by atoms with Gasteiger partial charge in [-0.15, -0.1) is 0 Å². The average molecular weight is 581 g/mol. The minimum Gasteiger partial charge on any atom is -0.462 e. The van der Waals surface area contributed by atoms with Gasteiger partial charge >= 0.3 is 11.9 Å². The lowest BCUT2D eigenvalue weighted by atomic mass is 10.0. The maximum atomic E-state index is 12.1. The Morgan fingerprint density at radius 3 is 1.37 bits per heavy atom. The fraction of sp³-hybridized carbons (Fsp3) is 0.889. The lowest BCUT2D eigenvalue weighted by Crippen LogP contribution is -2.28. The molecule has 1 unspecified atom stereocenters. The Balaban J connectivity index is 3.54. The van der Waals surface area contributed by atoms with Crippen LogP contribution in [0.15, 0.2) is 12.2 Å². The number of rotatable bonds is 32. The Kier molecular flexibility index (Phi) is 32.0. The number of carbonyl (C=O) groups is 2. The predicted octanol–water partition coefficient (Wildman–Crippen LogP) is 10.6. The van der Waals surface area contributed by atoms with E-state index in [0.717, 1.165) is 44.9 Å². The van der Waals surface area contributed by atoms with Crippen molar-refractivity contribution in [3.63, 3.8) is 0 Å². The number of unbranched alkanes of at least 4 members (excludes halogenated alkanes) is 22. The number of hydrogen-bond acceptors (Lipinski definition) is 5. The van der Waals surface area contributed by atoms with E-state index in [1.54, 1.807) is 0 Å². The van der Waals surface area contributed by atoms with Crippen molar-refractivity contribution in [3.05, 3.63) is 12.2 Å². The van der Waals surface area contributed by atoms with Gasteiger partial charge < -0.3 is 14.6 Å². The summed E-state index contributed by atoms with van der Waals surface area (Å²) in [5.41, 5.74) is 0. The van der Waals surface area contributed by atoms with Gasteiger partial charge in [-0.3, -0.25) is 9.59 Å². The SMILES string of the molecule is CCCCC/C=C\CCCCCCCC(=O)OC(CO)COC(=O)CCCCCCCCCCCCCCCCC. The Morgan fingerprint density at radius 2 is 0.902 bits per heavy atom. The molecule has 0 fully saturated rings. The van der Waals surface area contributed by atoms with Crippen LogP contribution in [0.3, 0.4) is 0 Å². The molecule has 242 valence electrons. The highest BCUT2D eigenvalue weighted by Gasteiger charge is 2.16. The summed E-state index contributed by atoms with van der Waals surface area (Å²) in [6.45, 7) is 4.11. The van der Waals surface area contributed by atoms with E-state index >= 15 is 0 Å². The molecule has 1 N–H and O–H groups in total. The van der Waals surface area contributed by atoms with Crippen LogP contribution in [0.5, 0.6) is 0 Å². The summed E-state index contributed by atoms with van der Waals surface area (Å²) in [7, 11) is 0. The van der Waals surface area contributed by atoms with Crippen LogP contribution in [0.25, 0.3) is 0 Å². The number of allylic oxidation sites excluding steroid dienone is 2. The topological polar surface area (TPSA) is 72.8 Å². The number of aliphatic hydroxyl groups excluding tert-OH is 1. The van der Waals surface area contributed by atoms with E-state index in [4.69, 9.17) is 9.47 Å². The minimum absolute atomic E-state index is 0.0637. The fourth-order valence-corrected chi connectivity index (χ4v) is 5.08. The summed E-state index contributed by atoms with van der Waals surface area (Å²) in [6.07, 6.45) is 35.5. The third-order valence-electron chi connectivity index (χ3n) is 7.81. The Morgan fingerprint density at radius 1 is 0.537 bits per heavy atom. The zero-order valence-corrected chi connectivity index (χ0v) is 27.3. The van der Waals surface area contributed by atoms with Crippen LogP contribution in [0.1, 0.15) is 187 Å². The van der Waals surface area contributed by atoms with Gasteiger partial charge in [0.15, 0.2) is 6.10 Å². The largest absolute Gasteiger partial charge is 0.462 e. The Hall–Kier alpha value is -1.36. The third kappa shape index (κ3) is 31.4. The van der Waals surface area contributed by atoms with Crippen molar-refractivity contribution >= 4 is 11.9 Å². The number of aliphatic hydroxyl groups is 1. The predicted molar refractivity (Wildman–Crippen MR) is 173 cm³/mol. The van der Waals surface area contributed by atoms with Crippen molar-refractivity contribution < 1.29 is 24.2 Å². The molecule has 0 radical (unpaired) electrons. The number of esters is 2. The summed E-state index contributed by atoms with van der Waals surface area (Å²) in [5.74, 6) is -0.595. The monoisotopic (exact) mass is 581 g/mol. The van der Waals surface area contributed by atoms with Gasteiger partial charge in [0.2, 0.25) is 0 Å². The zero-order valence-electron chi connectivity index (χ0n) is 27.3. The molecule has 0 aromatic carbocycles. The van der Waals surface area contributed by atoms with E-state index in [0.29, 0.717) is 12.8 Å². The lowest BCUT2D eigenvalue weighted by Gasteiger charge is -2.15. The summed E-state index contributed by atoms with van der Waals surface area (Å²) in [4.78, 5) is 24.1. The molecule has 0 amide bonds. The number of carbonyl (C=O) groups excluding carboxylic acids is 2. The molecule has 0 spiro atoms. The standard InChI is InChI=1S/C36H68O5/c1-3-5-7-9-11-13-15-17-18-19-21-22-24-26-28-30-35(38)40-33-34(32-37)41-36(39)31-29-27-25-23-20-16-14-12-10-8-6-4-2/h12,14,34,37H,3-11,13,15-33H2,1-2H3/b14-12-. The van der Waals surface area contributed by atoms with Gasteiger partial charge in [0.1, 0.15) is 6.61 Å². The van der Waals surface area contributed by atoms with Gasteiger partial charge in [0, 0.05) is 12.8 Å². The highest BCUT2D eigenvalue weighted by Crippen LogP contribution is 2.14. The molecule has 1 atom stereocenters. The molecule has 0 bridgehead atoms. The van der Waals surface area contributed by atoms with E-state index in [1.165, 1.54) is 116 Å². The van der Waals surface area contributed by atoms with Crippen LogP contribution in [0, 0.1) is 0 Å². The molecular weight excluding hydrogens is 512 g/mol. The third-order valence-corrected chi connectivity index (χ3v) is 7.81. The van der Waals surface area contributed by atoms with Crippen LogP contribution < -0.4 is 0 Å². The molecule has 0 saturated carbocycles. The molecule has 0 rings (SSSR count). The molecule has 0 aliphatic rings. The molecule has 0 aromatic heterocycles. The van der Waals surface area contributed by atoms with E-state index in [9.17, 15) is 14.7 Å². The van der Waals surface area contributed by atoms with Gasteiger partial charge in [0.05, 0.1) is 6.61 Å². The van der Waals surface area contributed by atoms with E-state index in [-0.39, 0.29) is 25.2 Å². The minimum atomic E-state index is -0.767. The first-order valence-corrected chi connectivity index (χ1v) is 17.7. The fourth-order valence-electron chi connectivity index (χ4n) is 5.08. The molecule has 5 heteroatoms. The van der Waals surface area contributed by atoms with E-state index in [1.807, 2.05) is 0 Å². The first-order valence-electron chi connectivity index (χ1n) is 17.7. The van der Waals surface area contributed by atoms with Crippen LogP contribution >= 0.6 is 0 Å². The van der Waals surface area contributed by atoms with Crippen molar-refractivity contribution in [2.75, 3.05) is 13.2 Å². The summed E-state index contributed by atoms with van der Waals surface area (Å²) in [5, 5.41) is 9.50. The maximum absolute atomic E-state index is 12.1. The molecule has 0 aromatic rings. The summed E-state index contributed by atoms with van der Waals surface area (Å²) >= 11 is 0. The molecule has 0 aliphatic carbocycles. The summed E-state index contributed by atoms with van der Waals surface area (Å²) < 4.78 is 10.6. The Labute approximate surface area is 254 Å². The van der Waals surface area contributed by atoms with E-state index < -0.39 is 6.10 Å². The smallest absolute Gasteiger partial charge is 0.306 e. The molecule has 41 heavy (non-hydrogen) atoms. The van der Waals surface area contributed by atoms with Gasteiger partial charge in [0.25, 0.3) is 0 Å². The second-order valence-corrected chi connectivity index (χ2v) is 12.0. The molecule has 0 aliphatic heterocycles. The van der Waals surface area contributed by atoms with Crippen molar-refractivity contribution in [3.8, 4) is 0 Å². The molecule has 0 saturated heterocycles. The van der Waals surface area contributed by atoms with Crippen LogP contribution in [-0.4, -0.2) is 36.4 Å². The van der Waals surface area contributed by atoms with Gasteiger partial charge in [-0.2, -0.15) is 0 Å². The van der Waals surface area contributed by atoms with Crippen LogP contribution in [-0.2, 0) is 19.1 Å². The lowest BCUT2D eigenvalue weighted by molar-refractivity contribution is -0.161. The van der Waals surface area contributed by atoms with Crippen molar-refractivity contribution in [1.82, 2.24) is 0 Å². The van der Waals surface area contributed by atoms with Crippen molar-refractivity contribution in [1.29, 1.82) is 0 Å². The molecule has 0 heterocycles. The number of ether oxygens (including phenoxy) is 2. The van der Waals surface area contributed by atoms with E-state index in [2.05, 4.69) is 26.0 Å². The highest BCUT2D eigenvalue weighted by atomic mass is 16.6. The number of hydrogen-bond donors (Lipinski definition) is 1. The van der Waals surface area contributed by atoms with Crippen molar-refractivity contribution in [2.24, 2.45) is 0 Å². The first kappa shape index (κ1) is 39.6. The molecule has 5 nitrogen and oxygen atoms in total. The summed E-state index contributed by atoms with van der Waals surface area (Å²) in [6, 6.07) is 0. The average Bonchev–Trinajstić information content (AvgIpc) is 2.97. The molecular formula is C36H68O5. The second-order valence-electron chi connectivity index (χ2n) is 12.0. The van der Waals surface area contributed by atoms with Crippen molar-refractivity contribution in [2.45, 2.75) is 193 Å². The van der Waals surface area contributed by atoms with Gasteiger partial charge in [-0.25, -0.2) is 0 Å². The zero-order chi connectivity index (χ0) is 30.1. The first-order chi connectivity index (χ1) is 20.1. The van der Waals surface area contributed by atoms with Gasteiger partial charge in [-0.1, -0.05) is 148 Å². The normalized spacial score (nSPS) is 12.2.